The monoisotopic (exact) mass is 390 g/mol. The Morgan fingerprint density at radius 3 is 2.72 bits per heavy atom. The van der Waals surface area contributed by atoms with Crippen molar-refractivity contribution in [1.29, 1.82) is 0 Å². The van der Waals surface area contributed by atoms with Gasteiger partial charge in [0.25, 0.3) is 5.91 Å². The summed E-state index contributed by atoms with van der Waals surface area (Å²) in [4.78, 5) is 19.9. The number of guanidine groups is 1. The van der Waals surface area contributed by atoms with Gasteiger partial charge in [-0.15, -0.1) is 0 Å². The number of aromatic nitrogens is 1. The summed E-state index contributed by atoms with van der Waals surface area (Å²) in [5.41, 5.74) is 6.76. The van der Waals surface area contributed by atoms with Gasteiger partial charge in [-0.25, -0.2) is 10.4 Å². The van der Waals surface area contributed by atoms with Gasteiger partial charge in [0.15, 0.2) is 0 Å². The summed E-state index contributed by atoms with van der Waals surface area (Å²) in [6.45, 7) is 3.50. The number of nitrogens with one attached hydrogen (secondary N) is 4. The van der Waals surface area contributed by atoms with Crippen molar-refractivity contribution in [2.45, 2.75) is 6.92 Å². The van der Waals surface area contributed by atoms with E-state index in [0.717, 1.165) is 41.0 Å². The number of carbonyl (C=O) groups is 1. The second-order valence-corrected chi connectivity index (χ2v) is 6.63. The Kier molecular flexibility index (Phi) is 5.15. The third kappa shape index (κ3) is 4.21. The molecule has 0 saturated carbocycles. The van der Waals surface area contributed by atoms with Crippen molar-refractivity contribution in [1.82, 2.24) is 15.7 Å². The van der Waals surface area contributed by atoms with E-state index in [1.165, 1.54) is 0 Å². The van der Waals surface area contributed by atoms with Crippen LogP contribution in [-0.2, 0) is 0 Å². The van der Waals surface area contributed by atoms with Crippen molar-refractivity contribution in [2.24, 2.45) is 10.1 Å². The van der Waals surface area contributed by atoms with E-state index in [0.29, 0.717) is 17.3 Å². The molecule has 3 aromatic rings. The highest BCUT2D eigenvalue weighted by Gasteiger charge is 2.11. The predicted molar refractivity (Wildman–Crippen MR) is 115 cm³/mol. The number of aromatic amines is 1. The highest BCUT2D eigenvalue weighted by atomic mass is 16.5. The van der Waals surface area contributed by atoms with E-state index in [-0.39, 0.29) is 5.91 Å². The van der Waals surface area contributed by atoms with Gasteiger partial charge in [0.05, 0.1) is 19.4 Å². The highest BCUT2D eigenvalue weighted by molar-refractivity contribution is 6.06. The first-order valence-corrected chi connectivity index (χ1v) is 9.29. The summed E-state index contributed by atoms with van der Waals surface area (Å²) in [6, 6.07) is 15.0. The van der Waals surface area contributed by atoms with E-state index in [1.807, 2.05) is 55.5 Å². The van der Waals surface area contributed by atoms with Crippen LogP contribution < -0.4 is 20.8 Å². The van der Waals surface area contributed by atoms with Crippen LogP contribution in [0, 0.1) is 0 Å². The number of nitrogens with zero attached hydrogens (tertiary/aromatic N) is 2. The fourth-order valence-corrected chi connectivity index (χ4v) is 3.03. The lowest BCUT2D eigenvalue weighted by Gasteiger charge is -2.06. The number of benzene rings is 2. The van der Waals surface area contributed by atoms with Crippen molar-refractivity contribution < 1.29 is 9.53 Å². The van der Waals surface area contributed by atoms with E-state index in [1.54, 1.807) is 7.11 Å². The SMILES string of the molecule is COc1ccc2[nH]c(C(=O)Nc3ccc(/C(C)=N\NC4=NCCN4)cc3)cc2c1. The van der Waals surface area contributed by atoms with E-state index in [9.17, 15) is 4.79 Å². The molecule has 2 aromatic carbocycles. The van der Waals surface area contributed by atoms with Gasteiger partial charge in [-0.3, -0.25) is 4.79 Å². The average Bonchev–Trinajstić information content (AvgIpc) is 3.41. The fraction of sp³-hybridized carbons (Fsp3) is 0.190. The summed E-state index contributed by atoms with van der Waals surface area (Å²) in [5.74, 6) is 1.23. The maximum Gasteiger partial charge on any atom is 0.272 e. The summed E-state index contributed by atoms with van der Waals surface area (Å²) in [6.07, 6.45) is 0. The molecule has 0 saturated heterocycles. The van der Waals surface area contributed by atoms with Gasteiger partial charge in [-0.1, -0.05) is 12.1 Å². The Hall–Kier alpha value is -3.81. The Morgan fingerprint density at radius 2 is 2.00 bits per heavy atom. The number of fused-ring (bicyclic) bond motifs is 1. The number of ether oxygens (including phenoxy) is 1. The van der Waals surface area contributed by atoms with Crippen molar-refractivity contribution in [3.05, 3.63) is 59.8 Å². The van der Waals surface area contributed by atoms with E-state index >= 15 is 0 Å². The van der Waals surface area contributed by atoms with Crippen LogP contribution in [0.3, 0.4) is 0 Å². The molecule has 2 heterocycles. The summed E-state index contributed by atoms with van der Waals surface area (Å²) < 4.78 is 5.23. The molecule has 8 heteroatoms. The minimum Gasteiger partial charge on any atom is -0.497 e. The van der Waals surface area contributed by atoms with Crippen LogP contribution in [0.1, 0.15) is 23.0 Å². The number of methoxy groups -OCH3 is 1. The van der Waals surface area contributed by atoms with Crippen molar-refractivity contribution in [3.63, 3.8) is 0 Å². The lowest BCUT2D eigenvalue weighted by molar-refractivity contribution is 0.102. The van der Waals surface area contributed by atoms with Gasteiger partial charge >= 0.3 is 0 Å². The maximum atomic E-state index is 12.6. The molecule has 0 spiro atoms. The van der Waals surface area contributed by atoms with Gasteiger partial charge in [-0.05, 0) is 48.9 Å². The number of rotatable bonds is 5. The Bertz CT molecular complexity index is 1100. The molecule has 1 aliphatic heterocycles. The minimum atomic E-state index is -0.203. The van der Waals surface area contributed by atoms with Crippen molar-refractivity contribution in [3.8, 4) is 5.75 Å². The molecule has 29 heavy (non-hydrogen) atoms. The van der Waals surface area contributed by atoms with Gasteiger partial charge in [0, 0.05) is 23.1 Å². The Labute approximate surface area is 168 Å². The van der Waals surface area contributed by atoms with E-state index in [4.69, 9.17) is 4.74 Å². The Morgan fingerprint density at radius 1 is 1.17 bits per heavy atom. The molecule has 0 fully saturated rings. The number of hydrogen-bond acceptors (Lipinski definition) is 6. The van der Waals surface area contributed by atoms with E-state index < -0.39 is 0 Å². The third-order valence-electron chi connectivity index (χ3n) is 4.64. The average molecular weight is 390 g/mol. The summed E-state index contributed by atoms with van der Waals surface area (Å²) >= 11 is 0. The molecule has 1 aliphatic rings. The smallest absolute Gasteiger partial charge is 0.272 e. The van der Waals surface area contributed by atoms with Crippen LogP contribution in [0.25, 0.3) is 10.9 Å². The second kappa shape index (κ2) is 8.05. The molecule has 4 rings (SSSR count). The van der Waals surface area contributed by atoms with Gasteiger partial charge in [0.1, 0.15) is 11.4 Å². The van der Waals surface area contributed by atoms with E-state index in [2.05, 4.69) is 31.1 Å². The Balaban J connectivity index is 1.42. The first-order chi connectivity index (χ1) is 14.1. The van der Waals surface area contributed by atoms with Gasteiger partial charge in [-0.2, -0.15) is 5.10 Å². The van der Waals surface area contributed by atoms with Crippen LogP contribution in [-0.4, -0.2) is 42.8 Å². The molecule has 0 unspecified atom stereocenters. The number of anilines is 1. The molecule has 0 bridgehead atoms. The molecule has 1 amide bonds. The molecule has 4 N–H and O–H groups in total. The zero-order valence-electron chi connectivity index (χ0n) is 16.2. The quantitative estimate of drug-likeness (QED) is 0.397. The summed E-state index contributed by atoms with van der Waals surface area (Å²) in [5, 5.41) is 11.3. The largest absolute Gasteiger partial charge is 0.497 e. The fourth-order valence-electron chi connectivity index (χ4n) is 3.03. The van der Waals surface area contributed by atoms with Gasteiger partial charge < -0.3 is 20.4 Å². The topological polar surface area (TPSA) is 103 Å². The highest BCUT2D eigenvalue weighted by Crippen LogP contribution is 2.22. The van der Waals surface area contributed by atoms with Crippen LogP contribution in [0.2, 0.25) is 0 Å². The number of aliphatic imine (C=N–C) groups is 1. The predicted octanol–water partition coefficient (Wildman–Crippen LogP) is 2.70. The zero-order valence-corrected chi connectivity index (χ0v) is 16.2. The van der Waals surface area contributed by atoms with Crippen LogP contribution in [0.4, 0.5) is 5.69 Å². The molecule has 0 atom stereocenters. The normalized spacial score (nSPS) is 13.7. The molecular weight excluding hydrogens is 368 g/mol. The standard InChI is InChI=1S/C21H22N6O2/c1-13(26-27-21-22-9-10-23-21)14-3-5-16(6-4-14)24-20(28)19-12-15-11-17(29-2)7-8-18(15)25-19/h3-8,11-12,25H,9-10H2,1-2H3,(H,24,28)(H2,22,23,27)/b26-13-. The number of hydrazone groups is 1. The van der Waals surface area contributed by atoms with Gasteiger partial charge in [0.2, 0.25) is 5.96 Å². The number of amides is 1. The molecule has 148 valence electrons. The summed E-state index contributed by atoms with van der Waals surface area (Å²) in [7, 11) is 1.62. The maximum absolute atomic E-state index is 12.6. The molecule has 0 aliphatic carbocycles. The van der Waals surface area contributed by atoms with Crippen LogP contribution >= 0.6 is 0 Å². The molecule has 0 radical (unpaired) electrons. The lowest BCUT2D eigenvalue weighted by atomic mass is 10.1. The van der Waals surface area contributed by atoms with Crippen LogP contribution in [0.5, 0.6) is 5.75 Å². The first-order valence-electron chi connectivity index (χ1n) is 9.29. The number of hydrogen-bond donors (Lipinski definition) is 4. The molecule has 1 aromatic heterocycles. The van der Waals surface area contributed by atoms with Crippen LogP contribution in [0.15, 0.2) is 58.6 Å². The zero-order chi connectivity index (χ0) is 20.2. The first kappa shape index (κ1) is 18.5. The molecular formula is C21H22N6O2. The second-order valence-electron chi connectivity index (χ2n) is 6.63. The van der Waals surface area contributed by atoms with Crippen molar-refractivity contribution >= 4 is 34.2 Å². The number of H-pyrrole nitrogens is 1. The molecule has 8 nitrogen and oxygen atoms in total. The third-order valence-corrected chi connectivity index (χ3v) is 4.64. The number of carbonyl (C=O) groups excluding carboxylic acids is 1. The van der Waals surface area contributed by atoms with Crippen molar-refractivity contribution in [2.75, 3.05) is 25.5 Å². The lowest BCUT2D eigenvalue weighted by Crippen LogP contribution is -2.30. The minimum absolute atomic E-state index is 0.203.